The third-order valence-electron chi connectivity index (χ3n) is 6.55. The molecule has 4 aromatic rings. The molecule has 8 heteroatoms. The van der Waals surface area contributed by atoms with E-state index in [2.05, 4.69) is 10.4 Å². The van der Waals surface area contributed by atoms with E-state index in [0.29, 0.717) is 35.5 Å². The molecule has 0 bridgehead atoms. The Bertz CT molecular complexity index is 1540. The molecular weight excluding hydrogens is 488 g/mol. The number of halogens is 1. The molecule has 0 unspecified atom stereocenters. The van der Waals surface area contributed by atoms with Gasteiger partial charge in [-0.05, 0) is 73.7 Å². The molecular formula is C29H25ClN4O3. The van der Waals surface area contributed by atoms with E-state index in [9.17, 15) is 14.4 Å². The van der Waals surface area contributed by atoms with Crippen LogP contribution in [-0.4, -0.2) is 27.4 Å². The maximum Gasteiger partial charge on any atom is 0.269 e. The zero-order valence-electron chi connectivity index (χ0n) is 20.3. The van der Waals surface area contributed by atoms with Gasteiger partial charge in [-0.2, -0.15) is 5.10 Å². The second-order valence-electron chi connectivity index (χ2n) is 9.13. The van der Waals surface area contributed by atoms with E-state index in [1.165, 1.54) is 0 Å². The predicted octanol–water partition coefficient (Wildman–Crippen LogP) is 5.16. The Morgan fingerprint density at radius 1 is 1.03 bits per heavy atom. The smallest absolute Gasteiger partial charge is 0.269 e. The van der Waals surface area contributed by atoms with Gasteiger partial charge in [0.15, 0.2) is 5.69 Å². The molecule has 186 valence electrons. The maximum absolute atomic E-state index is 12.9. The Kier molecular flexibility index (Phi) is 6.63. The van der Waals surface area contributed by atoms with E-state index in [1.54, 1.807) is 35.9 Å². The molecule has 3 aromatic carbocycles. The minimum atomic E-state index is -0.584. The molecule has 0 radical (unpaired) electrons. The average molecular weight is 513 g/mol. The van der Waals surface area contributed by atoms with E-state index >= 15 is 0 Å². The van der Waals surface area contributed by atoms with Gasteiger partial charge in [-0.1, -0.05) is 41.9 Å². The molecule has 0 spiro atoms. The highest BCUT2D eigenvalue weighted by Gasteiger charge is 2.28. The number of rotatable bonds is 7. The third-order valence-corrected chi connectivity index (χ3v) is 6.88. The summed E-state index contributed by atoms with van der Waals surface area (Å²) in [6.45, 7) is 1.58. The van der Waals surface area contributed by atoms with Crippen LogP contribution < -0.4 is 11.1 Å². The first-order chi connectivity index (χ1) is 17.8. The normalized spacial score (nSPS) is 11.9. The molecule has 0 saturated heterocycles. The highest BCUT2D eigenvalue weighted by Crippen LogP contribution is 2.38. The number of amides is 2. The van der Waals surface area contributed by atoms with Gasteiger partial charge < -0.3 is 15.8 Å². The van der Waals surface area contributed by atoms with Crippen molar-refractivity contribution in [3.05, 3.63) is 99.7 Å². The monoisotopic (exact) mass is 512 g/mol. The van der Waals surface area contributed by atoms with Crippen LogP contribution in [0.3, 0.4) is 0 Å². The minimum absolute atomic E-state index is 0.144. The number of carbonyl (C=O) groups is 3. The van der Waals surface area contributed by atoms with Crippen molar-refractivity contribution in [3.63, 3.8) is 0 Å². The molecule has 2 amide bonds. The number of Topliss-reactive ketones (excluding diaryl/α,β-unsaturated/α-hetero) is 1. The lowest BCUT2D eigenvalue weighted by Gasteiger charge is -2.20. The fourth-order valence-corrected chi connectivity index (χ4v) is 4.89. The molecule has 5 rings (SSSR count). The van der Waals surface area contributed by atoms with Gasteiger partial charge in [-0.3, -0.25) is 9.59 Å². The number of aryl methyl sites for hydroxylation is 2. The number of primary amides is 1. The summed E-state index contributed by atoms with van der Waals surface area (Å²) >= 11 is 6.20. The maximum atomic E-state index is 12.9. The Labute approximate surface area is 219 Å². The van der Waals surface area contributed by atoms with Crippen molar-refractivity contribution in [1.82, 2.24) is 9.78 Å². The molecule has 37 heavy (non-hydrogen) atoms. The number of ketones is 1. The molecule has 0 aliphatic heterocycles. The zero-order chi connectivity index (χ0) is 26.1. The first kappa shape index (κ1) is 24.5. The lowest BCUT2D eigenvalue weighted by molar-refractivity contribution is -0.116. The molecule has 0 atom stereocenters. The van der Waals surface area contributed by atoms with Crippen LogP contribution >= 0.6 is 11.6 Å². The summed E-state index contributed by atoms with van der Waals surface area (Å²) in [5, 5.41) is 7.90. The summed E-state index contributed by atoms with van der Waals surface area (Å²) in [6.07, 6.45) is 2.49. The Morgan fingerprint density at radius 3 is 2.49 bits per heavy atom. The number of nitrogens with zero attached hydrogens (tertiary/aromatic N) is 2. The first-order valence-corrected chi connectivity index (χ1v) is 12.4. The van der Waals surface area contributed by atoms with Crippen molar-refractivity contribution in [2.45, 2.75) is 32.6 Å². The van der Waals surface area contributed by atoms with Gasteiger partial charge in [0.2, 0.25) is 0 Å². The molecule has 7 nitrogen and oxygen atoms in total. The van der Waals surface area contributed by atoms with Crippen molar-refractivity contribution in [3.8, 4) is 16.9 Å². The number of nitrogens with one attached hydrogen (secondary N) is 1. The van der Waals surface area contributed by atoms with Crippen molar-refractivity contribution < 1.29 is 14.4 Å². The number of anilines is 1. The first-order valence-electron chi connectivity index (χ1n) is 12.0. The number of nitrogens with two attached hydrogens (primary N) is 1. The van der Waals surface area contributed by atoms with Crippen LogP contribution in [0.2, 0.25) is 5.02 Å². The summed E-state index contributed by atoms with van der Waals surface area (Å²) in [7, 11) is 0. The van der Waals surface area contributed by atoms with Crippen LogP contribution in [0.4, 0.5) is 5.69 Å². The highest BCUT2D eigenvalue weighted by molar-refractivity contribution is 6.34. The fourth-order valence-electron chi connectivity index (χ4n) is 4.67. The Balaban J connectivity index is 1.54. The largest absolute Gasteiger partial charge is 0.364 e. The van der Waals surface area contributed by atoms with E-state index in [4.69, 9.17) is 17.3 Å². The standard InChI is InChI=1S/C29H25ClN4O3/c1-17(35)6-7-18-8-13-21(14-9-18)34-27-23(26(33-34)28(31)36)15-11-19-10-12-20(16-24(19)27)32-29(37)22-4-2-3-5-25(22)30/h2-5,8-10,12-14,16H,6-7,11,15H2,1H3,(H2,31,36)(H,32,37). The summed E-state index contributed by atoms with van der Waals surface area (Å²) < 4.78 is 1.74. The Hall–Kier alpha value is -4.23. The number of benzene rings is 3. The number of hydrogen-bond acceptors (Lipinski definition) is 4. The quantitative estimate of drug-likeness (QED) is 0.356. The van der Waals surface area contributed by atoms with Crippen LogP contribution in [0.1, 0.15) is 50.9 Å². The van der Waals surface area contributed by atoms with E-state index in [0.717, 1.165) is 40.1 Å². The highest BCUT2D eigenvalue weighted by atomic mass is 35.5. The van der Waals surface area contributed by atoms with Crippen molar-refractivity contribution in [1.29, 1.82) is 0 Å². The van der Waals surface area contributed by atoms with E-state index < -0.39 is 5.91 Å². The number of fused-ring (bicyclic) bond motifs is 3. The molecule has 0 saturated carbocycles. The summed E-state index contributed by atoms with van der Waals surface area (Å²) in [6, 6.07) is 20.4. The van der Waals surface area contributed by atoms with Crippen LogP contribution in [0.25, 0.3) is 16.9 Å². The molecule has 0 fully saturated rings. The third kappa shape index (κ3) is 4.90. The van der Waals surface area contributed by atoms with Gasteiger partial charge in [-0.15, -0.1) is 0 Å². The van der Waals surface area contributed by atoms with Crippen LogP contribution in [0, 0.1) is 0 Å². The predicted molar refractivity (Wildman–Crippen MR) is 143 cm³/mol. The minimum Gasteiger partial charge on any atom is -0.364 e. The summed E-state index contributed by atoms with van der Waals surface area (Å²) in [5.74, 6) is -0.751. The second kappa shape index (κ2) is 10.0. The summed E-state index contributed by atoms with van der Waals surface area (Å²) in [5.41, 5.74) is 12.3. The summed E-state index contributed by atoms with van der Waals surface area (Å²) in [4.78, 5) is 36.5. The fraction of sp³-hybridized carbons (Fsp3) is 0.172. The lowest BCUT2D eigenvalue weighted by Crippen LogP contribution is -2.15. The van der Waals surface area contributed by atoms with E-state index in [-0.39, 0.29) is 17.4 Å². The van der Waals surface area contributed by atoms with Crippen LogP contribution in [-0.2, 0) is 24.1 Å². The SMILES string of the molecule is CC(=O)CCc1ccc(-n2nc(C(N)=O)c3c2-c2cc(NC(=O)c4ccccc4Cl)ccc2CC3)cc1. The second-order valence-corrected chi connectivity index (χ2v) is 9.53. The number of carbonyl (C=O) groups excluding carboxylic acids is 3. The topological polar surface area (TPSA) is 107 Å². The van der Waals surface area contributed by atoms with Crippen LogP contribution in [0.15, 0.2) is 66.7 Å². The van der Waals surface area contributed by atoms with E-state index in [1.807, 2.05) is 42.5 Å². The molecule has 1 heterocycles. The molecule has 1 aliphatic rings. The van der Waals surface area contributed by atoms with Crippen molar-refractivity contribution >= 4 is 34.9 Å². The lowest BCUT2D eigenvalue weighted by atomic mass is 9.88. The molecule has 3 N–H and O–H groups in total. The van der Waals surface area contributed by atoms with Gasteiger partial charge in [0.1, 0.15) is 5.78 Å². The van der Waals surface area contributed by atoms with Crippen LogP contribution in [0.5, 0.6) is 0 Å². The van der Waals surface area contributed by atoms with Gasteiger partial charge in [0.05, 0.1) is 22.0 Å². The van der Waals surface area contributed by atoms with Gasteiger partial charge in [0.25, 0.3) is 11.8 Å². The van der Waals surface area contributed by atoms with Crippen molar-refractivity contribution in [2.75, 3.05) is 5.32 Å². The average Bonchev–Trinajstić information content (AvgIpc) is 3.28. The number of hydrogen-bond donors (Lipinski definition) is 2. The van der Waals surface area contributed by atoms with Gasteiger partial charge >= 0.3 is 0 Å². The van der Waals surface area contributed by atoms with Crippen molar-refractivity contribution in [2.24, 2.45) is 5.73 Å². The molecule has 1 aliphatic carbocycles. The Morgan fingerprint density at radius 2 is 1.78 bits per heavy atom. The zero-order valence-corrected chi connectivity index (χ0v) is 21.0. The molecule has 1 aromatic heterocycles. The van der Waals surface area contributed by atoms with Gasteiger partial charge in [-0.25, -0.2) is 4.68 Å². The van der Waals surface area contributed by atoms with Gasteiger partial charge in [0, 0.05) is 23.2 Å². The number of aromatic nitrogens is 2.